The molecule has 1 amide bonds. The van der Waals surface area contributed by atoms with Crippen molar-refractivity contribution in [1.29, 1.82) is 0 Å². The van der Waals surface area contributed by atoms with E-state index in [9.17, 15) is 9.59 Å². The van der Waals surface area contributed by atoms with Crippen LogP contribution in [0.4, 0.5) is 5.69 Å². The lowest BCUT2D eigenvalue weighted by atomic mass is 10.2. The molecule has 0 aliphatic rings. The number of carbonyl (C=O) groups is 1. The van der Waals surface area contributed by atoms with Crippen LogP contribution in [0.1, 0.15) is 10.5 Å². The molecule has 8 heteroatoms. The van der Waals surface area contributed by atoms with Gasteiger partial charge in [0.25, 0.3) is 11.5 Å². The first-order valence-electron chi connectivity index (χ1n) is 9.26. The zero-order valence-electron chi connectivity index (χ0n) is 15.9. The summed E-state index contributed by atoms with van der Waals surface area (Å²) in [5.74, 6) is 0.315. The summed E-state index contributed by atoms with van der Waals surface area (Å²) in [5, 5.41) is 9.79. The van der Waals surface area contributed by atoms with Crippen molar-refractivity contribution in [3.63, 3.8) is 0 Å². The van der Waals surface area contributed by atoms with E-state index in [-0.39, 0.29) is 24.4 Å². The first kappa shape index (κ1) is 19.5. The van der Waals surface area contributed by atoms with E-state index in [2.05, 4.69) is 15.4 Å². The Morgan fingerprint density at radius 3 is 2.57 bits per heavy atom. The van der Waals surface area contributed by atoms with Crippen LogP contribution in [0, 0.1) is 0 Å². The number of benzene rings is 2. The van der Waals surface area contributed by atoms with Crippen LogP contribution >= 0.6 is 11.3 Å². The lowest BCUT2D eigenvalue weighted by molar-refractivity contribution is 0.101. The molecule has 0 saturated heterocycles. The molecule has 7 nitrogen and oxygen atoms in total. The highest BCUT2D eigenvalue weighted by Gasteiger charge is 2.11. The molecule has 0 bridgehead atoms. The number of ether oxygens (including phenoxy) is 1. The van der Waals surface area contributed by atoms with Crippen molar-refractivity contribution in [2.75, 3.05) is 11.9 Å². The predicted molar refractivity (Wildman–Crippen MR) is 116 cm³/mol. The Balaban J connectivity index is 1.40. The third-order valence-corrected chi connectivity index (χ3v) is 5.06. The van der Waals surface area contributed by atoms with Crippen LogP contribution in [0.2, 0.25) is 0 Å². The van der Waals surface area contributed by atoms with Gasteiger partial charge in [-0.1, -0.05) is 18.2 Å². The summed E-state index contributed by atoms with van der Waals surface area (Å²) in [4.78, 5) is 28.9. The van der Waals surface area contributed by atoms with Crippen LogP contribution < -0.4 is 15.6 Å². The summed E-state index contributed by atoms with van der Waals surface area (Å²) in [6.45, 7) is 0.498. The average molecular weight is 418 g/mol. The molecule has 30 heavy (non-hydrogen) atoms. The molecule has 1 N–H and O–H groups in total. The largest absolute Gasteiger partial charge is 0.492 e. The highest BCUT2D eigenvalue weighted by Crippen LogP contribution is 2.23. The highest BCUT2D eigenvalue weighted by molar-refractivity contribution is 7.13. The molecule has 4 aromatic rings. The monoisotopic (exact) mass is 418 g/mol. The van der Waals surface area contributed by atoms with E-state index in [1.807, 2.05) is 47.8 Å². The molecule has 0 saturated carbocycles. The standard InChI is InChI=1S/C22H18N4O3S/c27-20-11-10-19(25-26(20)13-14-29-18-4-2-1-3-5-18)21(28)24-17-8-6-16(7-9-17)22-23-12-15-30-22/h1-12,15H,13-14H2,(H,24,28). The highest BCUT2D eigenvalue weighted by atomic mass is 32.1. The van der Waals surface area contributed by atoms with Crippen LogP contribution in [-0.4, -0.2) is 27.3 Å². The fourth-order valence-electron chi connectivity index (χ4n) is 2.75. The number of carbonyl (C=O) groups excluding carboxylic acids is 1. The number of hydrogen-bond donors (Lipinski definition) is 1. The van der Waals surface area contributed by atoms with Gasteiger partial charge >= 0.3 is 0 Å². The van der Waals surface area contributed by atoms with Gasteiger partial charge in [-0.15, -0.1) is 11.3 Å². The van der Waals surface area contributed by atoms with E-state index < -0.39 is 5.91 Å². The molecule has 0 aliphatic heterocycles. The lowest BCUT2D eigenvalue weighted by Gasteiger charge is -2.09. The number of aromatic nitrogens is 3. The molecule has 0 aliphatic carbocycles. The smallest absolute Gasteiger partial charge is 0.276 e. The maximum absolute atomic E-state index is 12.6. The van der Waals surface area contributed by atoms with Gasteiger partial charge in [0.15, 0.2) is 0 Å². The predicted octanol–water partition coefficient (Wildman–Crippen LogP) is 3.70. The quantitative estimate of drug-likeness (QED) is 0.495. The zero-order chi connectivity index (χ0) is 20.8. The fourth-order valence-corrected chi connectivity index (χ4v) is 3.40. The molecule has 2 aromatic carbocycles. The summed E-state index contributed by atoms with van der Waals surface area (Å²) in [6, 6.07) is 19.4. The van der Waals surface area contributed by atoms with Crippen LogP contribution in [-0.2, 0) is 6.54 Å². The number of hydrogen-bond acceptors (Lipinski definition) is 6. The minimum absolute atomic E-state index is 0.151. The number of para-hydroxylation sites is 1. The Bertz CT molecular complexity index is 1170. The van der Waals surface area contributed by atoms with E-state index >= 15 is 0 Å². The van der Waals surface area contributed by atoms with Gasteiger partial charge in [-0.2, -0.15) is 5.10 Å². The van der Waals surface area contributed by atoms with Crippen LogP contribution in [0.5, 0.6) is 5.75 Å². The Labute approximate surface area is 176 Å². The minimum atomic E-state index is -0.394. The van der Waals surface area contributed by atoms with E-state index in [0.29, 0.717) is 11.4 Å². The van der Waals surface area contributed by atoms with E-state index in [0.717, 1.165) is 10.6 Å². The average Bonchev–Trinajstić information content (AvgIpc) is 3.31. The summed E-state index contributed by atoms with van der Waals surface area (Å²) in [7, 11) is 0. The molecule has 0 radical (unpaired) electrons. The molecule has 0 fully saturated rings. The summed E-state index contributed by atoms with van der Waals surface area (Å²) in [5.41, 5.74) is 1.47. The van der Waals surface area contributed by atoms with E-state index in [4.69, 9.17) is 4.74 Å². The fraction of sp³-hybridized carbons (Fsp3) is 0.0909. The van der Waals surface area contributed by atoms with Crippen molar-refractivity contribution in [1.82, 2.24) is 14.8 Å². The summed E-state index contributed by atoms with van der Waals surface area (Å²) >= 11 is 1.55. The number of anilines is 1. The van der Waals surface area contributed by atoms with Gasteiger partial charge < -0.3 is 10.1 Å². The first-order valence-corrected chi connectivity index (χ1v) is 10.1. The SMILES string of the molecule is O=C(Nc1ccc(-c2nccs2)cc1)c1ccc(=O)n(CCOc2ccccc2)n1. The number of amides is 1. The maximum Gasteiger partial charge on any atom is 0.276 e. The zero-order valence-corrected chi connectivity index (χ0v) is 16.7. The second kappa shape index (κ2) is 9.15. The summed E-state index contributed by atoms with van der Waals surface area (Å²) in [6.07, 6.45) is 1.75. The number of nitrogens with one attached hydrogen (secondary N) is 1. The van der Waals surface area contributed by atoms with Gasteiger partial charge in [-0.05, 0) is 42.5 Å². The topological polar surface area (TPSA) is 86.1 Å². The Hall–Kier alpha value is -3.78. The van der Waals surface area contributed by atoms with Gasteiger partial charge in [0, 0.05) is 28.9 Å². The maximum atomic E-state index is 12.6. The molecule has 2 aromatic heterocycles. The molecular weight excluding hydrogens is 400 g/mol. The molecule has 2 heterocycles. The van der Waals surface area contributed by atoms with E-state index in [1.54, 1.807) is 29.7 Å². The second-order valence-corrected chi connectivity index (χ2v) is 7.20. The van der Waals surface area contributed by atoms with Gasteiger partial charge in [0.1, 0.15) is 23.1 Å². The third-order valence-electron chi connectivity index (χ3n) is 4.24. The van der Waals surface area contributed by atoms with Crippen LogP contribution in [0.25, 0.3) is 10.6 Å². The Morgan fingerprint density at radius 1 is 1.03 bits per heavy atom. The van der Waals surface area contributed by atoms with Gasteiger partial charge in [-0.3, -0.25) is 9.59 Å². The van der Waals surface area contributed by atoms with Crippen molar-refractivity contribution in [2.45, 2.75) is 6.54 Å². The van der Waals surface area contributed by atoms with Crippen molar-refractivity contribution < 1.29 is 9.53 Å². The van der Waals surface area contributed by atoms with Gasteiger partial charge in [0.05, 0.1) is 6.54 Å². The van der Waals surface area contributed by atoms with E-state index in [1.165, 1.54) is 16.8 Å². The lowest BCUT2D eigenvalue weighted by Crippen LogP contribution is -2.28. The van der Waals surface area contributed by atoms with Gasteiger partial charge in [0.2, 0.25) is 0 Å². The van der Waals surface area contributed by atoms with Crippen LogP contribution in [0.3, 0.4) is 0 Å². The molecular formula is C22H18N4O3S. The third kappa shape index (κ3) is 4.79. The summed E-state index contributed by atoms with van der Waals surface area (Å²) < 4.78 is 6.82. The van der Waals surface area contributed by atoms with Crippen molar-refractivity contribution in [3.05, 3.63) is 94.4 Å². The minimum Gasteiger partial charge on any atom is -0.492 e. The first-order chi connectivity index (χ1) is 14.7. The number of thiazole rings is 1. The molecule has 0 atom stereocenters. The van der Waals surface area contributed by atoms with Crippen molar-refractivity contribution in [2.24, 2.45) is 0 Å². The normalized spacial score (nSPS) is 10.5. The molecule has 0 unspecified atom stereocenters. The number of nitrogens with zero attached hydrogens (tertiary/aromatic N) is 3. The molecule has 0 spiro atoms. The second-order valence-electron chi connectivity index (χ2n) is 6.31. The van der Waals surface area contributed by atoms with Crippen molar-refractivity contribution in [3.8, 4) is 16.3 Å². The van der Waals surface area contributed by atoms with Crippen LogP contribution in [0.15, 0.2) is 83.1 Å². The Kier molecular flexibility index (Phi) is 5.95. The molecule has 4 rings (SSSR count). The van der Waals surface area contributed by atoms with Crippen molar-refractivity contribution >= 4 is 22.9 Å². The Morgan fingerprint density at radius 2 is 1.83 bits per heavy atom. The number of rotatable bonds is 7. The van der Waals surface area contributed by atoms with Gasteiger partial charge in [-0.25, -0.2) is 9.67 Å². The molecule has 150 valence electrons.